The average Bonchev–Trinajstić information content (AvgIpc) is 2.87. The van der Waals surface area contributed by atoms with Gasteiger partial charge in [0.15, 0.2) is 0 Å². The van der Waals surface area contributed by atoms with Gasteiger partial charge in [0.25, 0.3) is 5.91 Å². The van der Waals surface area contributed by atoms with Gasteiger partial charge in [-0.25, -0.2) is 0 Å². The Labute approximate surface area is 121 Å². The SMILES string of the molecule is O=C(O)CCC1CCN(C(=O)c2ccc(O)c(Cl)c2)C1. The van der Waals surface area contributed by atoms with E-state index < -0.39 is 5.97 Å². The van der Waals surface area contributed by atoms with Crippen molar-refractivity contribution in [2.75, 3.05) is 13.1 Å². The third kappa shape index (κ3) is 3.42. The van der Waals surface area contributed by atoms with Gasteiger partial charge in [0, 0.05) is 25.1 Å². The second-order valence-corrected chi connectivity index (χ2v) is 5.41. The molecule has 20 heavy (non-hydrogen) atoms. The van der Waals surface area contributed by atoms with Crippen molar-refractivity contribution in [1.29, 1.82) is 0 Å². The molecular weight excluding hydrogens is 282 g/mol. The number of carbonyl (C=O) groups excluding carboxylic acids is 1. The van der Waals surface area contributed by atoms with E-state index in [0.29, 0.717) is 25.1 Å². The molecule has 2 rings (SSSR count). The van der Waals surface area contributed by atoms with E-state index in [-0.39, 0.29) is 29.0 Å². The summed E-state index contributed by atoms with van der Waals surface area (Å²) >= 11 is 5.79. The lowest BCUT2D eigenvalue weighted by Crippen LogP contribution is -2.28. The highest BCUT2D eigenvalue weighted by Crippen LogP contribution is 2.26. The van der Waals surface area contributed by atoms with Gasteiger partial charge in [-0.05, 0) is 37.0 Å². The molecule has 1 aliphatic heterocycles. The molecule has 1 aliphatic rings. The molecule has 1 heterocycles. The smallest absolute Gasteiger partial charge is 0.303 e. The topological polar surface area (TPSA) is 77.8 Å². The standard InChI is InChI=1S/C14H16ClNO4/c15-11-7-10(2-3-12(11)17)14(20)16-6-5-9(8-16)1-4-13(18)19/h2-3,7,9,17H,1,4-6,8H2,(H,18,19). The molecule has 1 amide bonds. The Bertz CT molecular complexity index is 532. The monoisotopic (exact) mass is 297 g/mol. The van der Waals surface area contributed by atoms with Gasteiger partial charge in [-0.15, -0.1) is 0 Å². The highest BCUT2D eigenvalue weighted by Gasteiger charge is 2.27. The minimum Gasteiger partial charge on any atom is -0.506 e. The van der Waals surface area contributed by atoms with Crippen LogP contribution in [0.15, 0.2) is 18.2 Å². The van der Waals surface area contributed by atoms with Crippen molar-refractivity contribution in [2.45, 2.75) is 19.3 Å². The van der Waals surface area contributed by atoms with Crippen molar-refractivity contribution in [3.05, 3.63) is 28.8 Å². The van der Waals surface area contributed by atoms with Gasteiger partial charge in [-0.2, -0.15) is 0 Å². The molecule has 0 bridgehead atoms. The van der Waals surface area contributed by atoms with Crippen LogP contribution in [0.5, 0.6) is 5.75 Å². The number of likely N-dealkylation sites (tertiary alicyclic amines) is 1. The summed E-state index contributed by atoms with van der Waals surface area (Å²) in [6.07, 6.45) is 1.55. The van der Waals surface area contributed by atoms with Gasteiger partial charge in [0.2, 0.25) is 0 Å². The Kier molecular flexibility index (Phi) is 4.49. The van der Waals surface area contributed by atoms with E-state index in [9.17, 15) is 14.7 Å². The Morgan fingerprint density at radius 3 is 2.80 bits per heavy atom. The van der Waals surface area contributed by atoms with Crippen LogP contribution >= 0.6 is 11.6 Å². The molecule has 1 aromatic carbocycles. The van der Waals surface area contributed by atoms with Gasteiger partial charge in [-0.3, -0.25) is 9.59 Å². The number of rotatable bonds is 4. The maximum atomic E-state index is 12.3. The van der Waals surface area contributed by atoms with Crippen molar-refractivity contribution < 1.29 is 19.8 Å². The summed E-state index contributed by atoms with van der Waals surface area (Å²) in [5.41, 5.74) is 0.437. The number of amides is 1. The zero-order valence-corrected chi connectivity index (χ0v) is 11.6. The lowest BCUT2D eigenvalue weighted by molar-refractivity contribution is -0.137. The van der Waals surface area contributed by atoms with Crippen molar-refractivity contribution in [3.63, 3.8) is 0 Å². The fraction of sp³-hybridized carbons (Fsp3) is 0.429. The molecular formula is C14H16ClNO4. The van der Waals surface area contributed by atoms with E-state index in [2.05, 4.69) is 0 Å². The zero-order chi connectivity index (χ0) is 14.7. The Morgan fingerprint density at radius 2 is 2.15 bits per heavy atom. The largest absolute Gasteiger partial charge is 0.506 e. The molecule has 5 nitrogen and oxygen atoms in total. The molecule has 0 radical (unpaired) electrons. The summed E-state index contributed by atoms with van der Waals surface area (Å²) in [5, 5.41) is 18.2. The van der Waals surface area contributed by atoms with Crippen molar-refractivity contribution in [2.24, 2.45) is 5.92 Å². The first-order chi connectivity index (χ1) is 9.47. The number of hydrogen-bond acceptors (Lipinski definition) is 3. The van der Waals surface area contributed by atoms with Gasteiger partial charge in [-0.1, -0.05) is 11.6 Å². The Hall–Kier alpha value is -1.75. The summed E-state index contributed by atoms with van der Waals surface area (Å²) in [4.78, 5) is 24.5. The van der Waals surface area contributed by atoms with E-state index in [1.807, 2.05) is 0 Å². The predicted molar refractivity (Wildman–Crippen MR) is 74.0 cm³/mol. The molecule has 0 aliphatic carbocycles. The number of halogens is 1. The van der Waals surface area contributed by atoms with Crippen LogP contribution in [0.3, 0.4) is 0 Å². The number of carboxylic acid groups (broad SMARTS) is 1. The van der Waals surface area contributed by atoms with Gasteiger partial charge < -0.3 is 15.1 Å². The summed E-state index contributed by atoms with van der Waals surface area (Å²) < 4.78 is 0. The number of hydrogen-bond donors (Lipinski definition) is 2. The van der Waals surface area contributed by atoms with Crippen LogP contribution in [0, 0.1) is 5.92 Å². The maximum absolute atomic E-state index is 12.3. The number of carboxylic acids is 1. The number of benzene rings is 1. The van der Waals surface area contributed by atoms with Crippen molar-refractivity contribution >= 4 is 23.5 Å². The summed E-state index contributed by atoms with van der Waals surface area (Å²) in [6.45, 7) is 1.20. The number of nitrogens with zero attached hydrogens (tertiary/aromatic N) is 1. The van der Waals surface area contributed by atoms with E-state index in [1.165, 1.54) is 18.2 Å². The van der Waals surface area contributed by atoms with E-state index in [0.717, 1.165) is 6.42 Å². The molecule has 0 saturated carbocycles. The minimum atomic E-state index is -0.805. The third-order valence-corrected chi connectivity index (χ3v) is 3.84. The first kappa shape index (κ1) is 14.7. The van der Waals surface area contributed by atoms with E-state index in [1.54, 1.807) is 4.90 Å². The molecule has 2 N–H and O–H groups in total. The summed E-state index contributed by atoms with van der Waals surface area (Å²) in [7, 11) is 0. The maximum Gasteiger partial charge on any atom is 0.303 e. The quantitative estimate of drug-likeness (QED) is 0.894. The lowest BCUT2D eigenvalue weighted by atomic mass is 10.0. The lowest BCUT2D eigenvalue weighted by Gasteiger charge is -2.16. The predicted octanol–water partition coefficient (Wildman–Crippen LogP) is 2.37. The average molecular weight is 298 g/mol. The Morgan fingerprint density at radius 1 is 1.40 bits per heavy atom. The van der Waals surface area contributed by atoms with Crippen molar-refractivity contribution in [1.82, 2.24) is 4.90 Å². The molecule has 1 aromatic rings. The minimum absolute atomic E-state index is 0.0519. The highest BCUT2D eigenvalue weighted by molar-refractivity contribution is 6.32. The van der Waals surface area contributed by atoms with Crippen LogP contribution < -0.4 is 0 Å². The van der Waals surface area contributed by atoms with Crippen LogP contribution in [-0.4, -0.2) is 40.1 Å². The van der Waals surface area contributed by atoms with Gasteiger partial charge in [0.1, 0.15) is 5.75 Å². The second kappa shape index (κ2) is 6.13. The molecule has 1 unspecified atom stereocenters. The molecule has 1 saturated heterocycles. The molecule has 0 spiro atoms. The fourth-order valence-electron chi connectivity index (χ4n) is 2.40. The first-order valence-electron chi connectivity index (χ1n) is 6.47. The number of phenolic OH excluding ortho intramolecular Hbond substituents is 1. The zero-order valence-electron chi connectivity index (χ0n) is 10.9. The van der Waals surface area contributed by atoms with Gasteiger partial charge >= 0.3 is 5.97 Å². The van der Waals surface area contributed by atoms with E-state index in [4.69, 9.17) is 16.7 Å². The molecule has 6 heteroatoms. The number of carbonyl (C=O) groups is 2. The third-order valence-electron chi connectivity index (χ3n) is 3.53. The summed E-state index contributed by atoms with van der Waals surface area (Å²) in [6, 6.07) is 4.38. The van der Waals surface area contributed by atoms with Crippen LogP contribution in [0.25, 0.3) is 0 Å². The van der Waals surface area contributed by atoms with Crippen LogP contribution in [0.1, 0.15) is 29.6 Å². The Balaban J connectivity index is 1.97. The molecule has 1 atom stereocenters. The number of aromatic hydroxyl groups is 1. The van der Waals surface area contributed by atoms with Crippen LogP contribution in [0.4, 0.5) is 0 Å². The van der Waals surface area contributed by atoms with Crippen LogP contribution in [0.2, 0.25) is 5.02 Å². The highest BCUT2D eigenvalue weighted by atomic mass is 35.5. The summed E-state index contributed by atoms with van der Waals surface area (Å²) in [5.74, 6) is -0.753. The number of aliphatic carboxylic acids is 1. The first-order valence-corrected chi connectivity index (χ1v) is 6.84. The fourth-order valence-corrected chi connectivity index (χ4v) is 2.58. The van der Waals surface area contributed by atoms with Crippen LogP contribution in [-0.2, 0) is 4.79 Å². The normalized spacial score (nSPS) is 18.2. The van der Waals surface area contributed by atoms with Crippen molar-refractivity contribution in [3.8, 4) is 5.75 Å². The number of phenols is 1. The molecule has 1 fully saturated rings. The van der Waals surface area contributed by atoms with E-state index >= 15 is 0 Å². The second-order valence-electron chi connectivity index (χ2n) is 5.00. The van der Waals surface area contributed by atoms with Gasteiger partial charge in [0.05, 0.1) is 5.02 Å². The molecule has 108 valence electrons. The molecule has 0 aromatic heterocycles.